The van der Waals surface area contributed by atoms with Crippen molar-refractivity contribution in [2.24, 2.45) is 11.8 Å². The van der Waals surface area contributed by atoms with Crippen LogP contribution in [0.15, 0.2) is 48.6 Å². The number of allylic oxidation sites excluding steroid dienone is 1. The molecule has 29 heavy (non-hydrogen) atoms. The van der Waals surface area contributed by atoms with Crippen molar-refractivity contribution in [3.8, 4) is 0 Å². The van der Waals surface area contributed by atoms with Crippen molar-refractivity contribution < 1.29 is 19.4 Å². The van der Waals surface area contributed by atoms with E-state index in [2.05, 4.69) is 9.97 Å². The lowest BCUT2D eigenvalue weighted by Gasteiger charge is -2.50. The third kappa shape index (κ3) is 2.94. The summed E-state index contributed by atoms with van der Waals surface area (Å²) in [5, 5.41) is 9.80. The van der Waals surface area contributed by atoms with Crippen LogP contribution in [-0.4, -0.2) is 33.4 Å². The summed E-state index contributed by atoms with van der Waals surface area (Å²) < 4.78 is 5.18. The van der Waals surface area contributed by atoms with Crippen molar-refractivity contribution in [2.45, 2.75) is 38.5 Å². The number of hydrogen-bond acceptors (Lipinski definition) is 6. The number of carbonyl (C=O) groups is 2. The number of nitrogens with zero attached hydrogens (tertiary/aromatic N) is 2. The van der Waals surface area contributed by atoms with Crippen molar-refractivity contribution in [3.63, 3.8) is 0 Å². The van der Waals surface area contributed by atoms with Gasteiger partial charge in [-0.15, -0.1) is 0 Å². The van der Waals surface area contributed by atoms with E-state index in [1.807, 2.05) is 31.3 Å². The smallest absolute Gasteiger partial charge is 0.338 e. The summed E-state index contributed by atoms with van der Waals surface area (Å²) in [6.45, 7) is 4.00. The summed E-state index contributed by atoms with van der Waals surface area (Å²) in [5.41, 5.74) is 3.08. The molecule has 1 N–H and O–H groups in total. The fourth-order valence-corrected chi connectivity index (χ4v) is 5.13. The second-order valence-electron chi connectivity index (χ2n) is 7.80. The van der Waals surface area contributed by atoms with Gasteiger partial charge in [0.15, 0.2) is 5.78 Å². The Kier molecular flexibility index (Phi) is 4.94. The predicted octanol–water partition coefficient (Wildman–Crippen LogP) is 3.55. The maximum atomic E-state index is 12.8. The number of hydrogen-bond donors (Lipinski definition) is 1. The molecule has 0 saturated heterocycles. The van der Waals surface area contributed by atoms with Crippen LogP contribution in [0.5, 0.6) is 0 Å². The third-order valence-electron chi connectivity index (χ3n) is 6.42. The second-order valence-corrected chi connectivity index (χ2v) is 7.80. The molecule has 2 aromatic rings. The van der Waals surface area contributed by atoms with E-state index in [1.165, 1.54) is 6.33 Å². The lowest BCUT2D eigenvalue weighted by atomic mass is 9.52. The van der Waals surface area contributed by atoms with Crippen LogP contribution in [0.4, 0.5) is 0 Å². The first-order chi connectivity index (χ1) is 14.0. The minimum absolute atomic E-state index is 0.0125. The number of rotatable bonds is 3. The van der Waals surface area contributed by atoms with E-state index < -0.39 is 5.41 Å². The number of Topliss-reactive ketones (excluding diaryl/α,β-unsaturated/α-hetero) is 1. The Morgan fingerprint density at radius 2 is 2.24 bits per heavy atom. The number of aryl methyl sites for hydroxylation is 1. The number of ether oxygens (including phenoxy) is 1. The van der Waals surface area contributed by atoms with Gasteiger partial charge in [0.1, 0.15) is 6.33 Å². The van der Waals surface area contributed by atoms with E-state index in [4.69, 9.17) is 4.74 Å². The lowest BCUT2D eigenvalue weighted by molar-refractivity contribution is -0.123. The monoisotopic (exact) mass is 392 g/mol. The topological polar surface area (TPSA) is 89.4 Å². The maximum Gasteiger partial charge on any atom is 0.338 e. The number of ketones is 1. The Morgan fingerprint density at radius 1 is 1.41 bits per heavy atom. The third-order valence-corrected chi connectivity index (χ3v) is 6.42. The summed E-state index contributed by atoms with van der Waals surface area (Å²) in [5.74, 6) is -0.652. The summed E-state index contributed by atoms with van der Waals surface area (Å²) in [4.78, 5) is 34.0. The van der Waals surface area contributed by atoms with Crippen LogP contribution in [-0.2, 0) is 21.4 Å². The molecule has 1 aromatic carbocycles. The molecular formula is C23H24N2O4. The first kappa shape index (κ1) is 19.3. The molecule has 0 amide bonds. The Balaban J connectivity index is 1.96. The fraction of sp³-hybridized carbons (Fsp3) is 0.391. The molecule has 150 valence electrons. The van der Waals surface area contributed by atoms with Crippen molar-refractivity contribution >= 4 is 11.8 Å². The van der Waals surface area contributed by atoms with Crippen LogP contribution in [0.3, 0.4) is 0 Å². The molecule has 0 aliphatic heterocycles. The van der Waals surface area contributed by atoms with E-state index in [0.29, 0.717) is 24.2 Å². The zero-order valence-corrected chi connectivity index (χ0v) is 16.6. The highest BCUT2D eigenvalue weighted by Gasteiger charge is 2.54. The quantitative estimate of drug-likeness (QED) is 0.488. The molecular weight excluding hydrogens is 368 g/mol. The van der Waals surface area contributed by atoms with Gasteiger partial charge in [-0.25, -0.2) is 14.8 Å². The van der Waals surface area contributed by atoms with E-state index in [1.54, 1.807) is 13.0 Å². The SMILES string of the molecule is CCOC(=O)c1cccc(C23CC(=CO)C(=O)[C@@H](C)[C@@H]2CCc2cncnc23)c1. The fourth-order valence-electron chi connectivity index (χ4n) is 5.13. The lowest BCUT2D eigenvalue weighted by Crippen LogP contribution is -2.51. The molecule has 1 unspecified atom stereocenters. The molecule has 3 atom stereocenters. The molecule has 1 aromatic heterocycles. The number of benzene rings is 1. The largest absolute Gasteiger partial charge is 0.515 e. The van der Waals surface area contributed by atoms with Crippen LogP contribution in [0.2, 0.25) is 0 Å². The standard InChI is InChI=1S/C23H24N2O4/c1-3-29-22(28)15-5-4-6-18(9-15)23-10-17(12-26)20(27)14(2)19(23)8-7-16-11-24-13-25-21(16)23/h4-6,9,11-14,19,26H,3,7-8,10H2,1-2H3/t14-,19-,23?/m0/s1. The first-order valence-corrected chi connectivity index (χ1v) is 9.97. The Labute approximate surface area is 169 Å². The minimum Gasteiger partial charge on any atom is -0.515 e. The van der Waals surface area contributed by atoms with E-state index in [9.17, 15) is 14.7 Å². The number of fused-ring (bicyclic) bond motifs is 3. The van der Waals surface area contributed by atoms with Gasteiger partial charge < -0.3 is 9.84 Å². The molecule has 1 fully saturated rings. The predicted molar refractivity (Wildman–Crippen MR) is 107 cm³/mol. The molecule has 0 radical (unpaired) electrons. The van der Waals surface area contributed by atoms with Crippen LogP contribution in [0.1, 0.15) is 53.9 Å². The van der Waals surface area contributed by atoms with Crippen molar-refractivity contribution in [3.05, 3.63) is 71.0 Å². The van der Waals surface area contributed by atoms with Crippen molar-refractivity contribution in [2.75, 3.05) is 6.61 Å². The Hall–Kier alpha value is -3.02. The zero-order valence-electron chi connectivity index (χ0n) is 16.6. The Morgan fingerprint density at radius 3 is 3.00 bits per heavy atom. The van der Waals surface area contributed by atoms with E-state index in [-0.39, 0.29) is 23.6 Å². The van der Waals surface area contributed by atoms with Gasteiger partial charge in [-0.2, -0.15) is 0 Å². The summed E-state index contributed by atoms with van der Waals surface area (Å²) in [6.07, 6.45) is 6.25. The van der Waals surface area contributed by atoms with Crippen molar-refractivity contribution in [1.29, 1.82) is 0 Å². The summed E-state index contributed by atoms with van der Waals surface area (Å²) in [7, 11) is 0. The summed E-state index contributed by atoms with van der Waals surface area (Å²) in [6, 6.07) is 7.40. The van der Waals surface area contributed by atoms with Gasteiger partial charge in [-0.3, -0.25) is 4.79 Å². The molecule has 6 heteroatoms. The van der Waals surface area contributed by atoms with Crippen molar-refractivity contribution in [1.82, 2.24) is 9.97 Å². The number of esters is 1. The molecule has 1 heterocycles. The van der Waals surface area contributed by atoms with Crippen LogP contribution < -0.4 is 0 Å². The molecule has 2 aliphatic rings. The van der Waals surface area contributed by atoms with Gasteiger partial charge >= 0.3 is 5.97 Å². The molecule has 0 bridgehead atoms. The second kappa shape index (κ2) is 7.43. The van der Waals surface area contributed by atoms with E-state index in [0.717, 1.165) is 35.9 Å². The average Bonchev–Trinajstić information content (AvgIpc) is 2.76. The minimum atomic E-state index is -0.610. The molecule has 0 spiro atoms. The van der Waals surface area contributed by atoms with Crippen LogP contribution in [0, 0.1) is 11.8 Å². The highest BCUT2D eigenvalue weighted by atomic mass is 16.5. The number of aliphatic hydroxyl groups excluding tert-OH is 1. The molecule has 2 aliphatic carbocycles. The van der Waals surface area contributed by atoms with Crippen LogP contribution >= 0.6 is 0 Å². The van der Waals surface area contributed by atoms with Gasteiger partial charge in [0, 0.05) is 23.1 Å². The first-order valence-electron chi connectivity index (χ1n) is 9.97. The average molecular weight is 392 g/mol. The molecule has 6 nitrogen and oxygen atoms in total. The van der Waals surface area contributed by atoms with Gasteiger partial charge in [0.05, 0.1) is 24.1 Å². The van der Waals surface area contributed by atoms with Gasteiger partial charge in [-0.05, 0) is 55.4 Å². The van der Waals surface area contributed by atoms with Gasteiger partial charge in [0.25, 0.3) is 0 Å². The molecule has 4 rings (SSSR count). The number of carbonyl (C=O) groups excluding carboxylic acids is 2. The Bertz CT molecular complexity index is 1000. The molecule has 1 saturated carbocycles. The number of aliphatic hydroxyl groups is 1. The highest BCUT2D eigenvalue weighted by molar-refractivity contribution is 5.99. The summed E-state index contributed by atoms with van der Waals surface area (Å²) >= 11 is 0. The van der Waals surface area contributed by atoms with Gasteiger partial charge in [-0.1, -0.05) is 19.1 Å². The van der Waals surface area contributed by atoms with Gasteiger partial charge in [0.2, 0.25) is 0 Å². The van der Waals surface area contributed by atoms with E-state index >= 15 is 0 Å². The highest BCUT2D eigenvalue weighted by Crippen LogP contribution is 2.55. The van der Waals surface area contributed by atoms with Crippen LogP contribution in [0.25, 0.3) is 0 Å². The maximum absolute atomic E-state index is 12.8. The normalized spacial score (nSPS) is 27.2. The number of aromatic nitrogens is 2. The zero-order chi connectivity index (χ0) is 20.6.